The number of nitrogens with one attached hydrogen (secondary N) is 1. The fourth-order valence-electron chi connectivity index (χ4n) is 1.50. The van der Waals surface area contributed by atoms with Crippen LogP contribution in [0.25, 0.3) is 10.2 Å². The van der Waals surface area contributed by atoms with E-state index in [-0.39, 0.29) is 10.8 Å². The molecule has 0 fully saturated rings. The van der Waals surface area contributed by atoms with Crippen LogP contribution in [-0.4, -0.2) is 25.3 Å². The first-order valence-corrected chi connectivity index (χ1v) is 7.94. The lowest BCUT2D eigenvalue weighted by atomic mass is 10.4. The highest BCUT2D eigenvalue weighted by Gasteiger charge is 2.12. The van der Waals surface area contributed by atoms with Gasteiger partial charge in [0.05, 0.1) is 5.39 Å². The van der Waals surface area contributed by atoms with Gasteiger partial charge in [0.25, 0.3) is 5.56 Å². The van der Waals surface area contributed by atoms with Crippen LogP contribution >= 0.6 is 23.6 Å². The number of hydrogen-bond donors (Lipinski definition) is 1. The molecule has 7 heteroatoms. The van der Waals surface area contributed by atoms with E-state index in [0.717, 1.165) is 4.83 Å². The largest absolute Gasteiger partial charge is 0.323 e. The number of aromatic nitrogens is 2. The molecule has 0 radical (unpaired) electrons. The van der Waals surface area contributed by atoms with Gasteiger partial charge in [-0.05, 0) is 30.6 Å². The van der Waals surface area contributed by atoms with Crippen LogP contribution in [0.1, 0.15) is 6.92 Å². The second kappa shape index (κ2) is 4.83. The Morgan fingerprint density at radius 2 is 2.35 bits per heavy atom. The lowest BCUT2D eigenvalue weighted by molar-refractivity contribution is 0.622. The van der Waals surface area contributed by atoms with Gasteiger partial charge >= 0.3 is 0 Å². The average molecular weight is 288 g/mol. The maximum Gasteiger partial charge on any atom is 0.263 e. The van der Waals surface area contributed by atoms with Gasteiger partial charge in [0.2, 0.25) is 0 Å². The van der Waals surface area contributed by atoms with Crippen molar-refractivity contribution in [2.75, 3.05) is 6.26 Å². The Morgan fingerprint density at radius 3 is 3.00 bits per heavy atom. The van der Waals surface area contributed by atoms with E-state index < -0.39 is 10.8 Å². The molecule has 0 aliphatic rings. The van der Waals surface area contributed by atoms with Crippen LogP contribution in [0.4, 0.5) is 0 Å². The third-order valence-electron chi connectivity index (χ3n) is 2.61. The third-order valence-corrected chi connectivity index (χ3v) is 5.05. The van der Waals surface area contributed by atoms with Gasteiger partial charge in [-0.3, -0.25) is 13.6 Å². The molecule has 0 amide bonds. The van der Waals surface area contributed by atoms with Crippen LogP contribution in [0.3, 0.4) is 0 Å². The van der Waals surface area contributed by atoms with Crippen molar-refractivity contribution in [3.05, 3.63) is 26.6 Å². The molecular weight excluding hydrogens is 276 g/mol. The predicted octanol–water partition coefficient (Wildman–Crippen LogP) is 1.89. The molecule has 2 heterocycles. The highest BCUT2D eigenvalue weighted by Crippen LogP contribution is 2.14. The molecule has 2 aromatic heterocycles. The molecule has 0 spiro atoms. The van der Waals surface area contributed by atoms with Gasteiger partial charge in [-0.15, -0.1) is 11.3 Å². The first-order chi connectivity index (χ1) is 8.00. The maximum atomic E-state index is 12.2. The molecule has 2 atom stereocenters. The minimum absolute atomic E-state index is 0.0983. The molecule has 0 aromatic carbocycles. The summed E-state index contributed by atoms with van der Waals surface area (Å²) >= 11 is 6.61. The summed E-state index contributed by atoms with van der Waals surface area (Å²) in [5, 5.41) is 2.39. The molecule has 17 heavy (non-hydrogen) atoms. The third kappa shape index (κ3) is 2.41. The number of nitrogens with zero attached hydrogens (tertiary/aromatic N) is 1. The van der Waals surface area contributed by atoms with Crippen LogP contribution in [-0.2, 0) is 17.3 Å². The lowest BCUT2D eigenvalue weighted by Gasteiger charge is -2.10. The second-order valence-electron chi connectivity index (χ2n) is 3.82. The zero-order chi connectivity index (χ0) is 12.6. The molecule has 4 nitrogen and oxygen atoms in total. The first-order valence-electron chi connectivity index (χ1n) is 5.03. The normalized spacial score (nSPS) is 14.9. The van der Waals surface area contributed by atoms with E-state index in [0.29, 0.717) is 16.7 Å². The fourth-order valence-corrected chi connectivity index (χ4v) is 2.97. The summed E-state index contributed by atoms with van der Waals surface area (Å²) in [7, 11) is -0.969. The number of thiophene rings is 1. The van der Waals surface area contributed by atoms with E-state index in [1.54, 1.807) is 12.3 Å². The van der Waals surface area contributed by atoms with Crippen LogP contribution < -0.4 is 5.56 Å². The second-order valence-corrected chi connectivity index (χ2v) is 6.92. The van der Waals surface area contributed by atoms with Gasteiger partial charge in [-0.1, -0.05) is 0 Å². The summed E-state index contributed by atoms with van der Waals surface area (Å²) in [6.45, 7) is 2.22. The van der Waals surface area contributed by atoms with Crippen molar-refractivity contribution >= 4 is 44.6 Å². The maximum absolute atomic E-state index is 12.2. The SMILES string of the molecule is CC(Cn1c(=S)[nH]c2sccc2c1=O)S(C)=O. The topological polar surface area (TPSA) is 54.9 Å². The van der Waals surface area contributed by atoms with E-state index in [1.165, 1.54) is 15.9 Å². The predicted molar refractivity (Wildman–Crippen MR) is 74.8 cm³/mol. The highest BCUT2D eigenvalue weighted by atomic mass is 32.2. The Kier molecular flexibility index (Phi) is 3.60. The van der Waals surface area contributed by atoms with Crippen LogP contribution in [0.15, 0.2) is 16.2 Å². The Balaban J connectivity index is 2.57. The van der Waals surface area contributed by atoms with Gasteiger partial charge in [0, 0.05) is 28.9 Å². The quantitative estimate of drug-likeness (QED) is 0.878. The van der Waals surface area contributed by atoms with Gasteiger partial charge in [0.15, 0.2) is 4.77 Å². The standard InChI is InChI=1S/C10H12N2O2S3/c1-6(17(2)14)5-12-9(13)7-3-4-16-8(7)11-10(12)15/h3-4,6H,5H2,1-2H3,(H,11,15). The smallest absolute Gasteiger partial charge is 0.263 e. The van der Waals surface area contributed by atoms with Gasteiger partial charge in [0.1, 0.15) is 4.83 Å². The molecule has 2 rings (SSSR count). The summed E-state index contributed by atoms with van der Waals surface area (Å²) in [5.74, 6) is 0. The lowest BCUT2D eigenvalue weighted by Crippen LogP contribution is -2.28. The Hall–Kier alpha value is -0.790. The van der Waals surface area contributed by atoms with Crippen molar-refractivity contribution in [1.82, 2.24) is 9.55 Å². The van der Waals surface area contributed by atoms with Gasteiger partial charge in [-0.2, -0.15) is 0 Å². The molecule has 0 saturated carbocycles. The Morgan fingerprint density at radius 1 is 1.65 bits per heavy atom. The zero-order valence-corrected chi connectivity index (χ0v) is 11.9. The number of H-pyrrole nitrogens is 1. The van der Waals surface area contributed by atoms with Crippen molar-refractivity contribution in [3.63, 3.8) is 0 Å². The van der Waals surface area contributed by atoms with Gasteiger partial charge in [-0.25, -0.2) is 0 Å². The summed E-state index contributed by atoms with van der Waals surface area (Å²) in [4.78, 5) is 16.0. The summed E-state index contributed by atoms with van der Waals surface area (Å²) in [6.07, 6.45) is 1.63. The minimum atomic E-state index is -0.969. The van der Waals surface area contributed by atoms with E-state index in [1.807, 2.05) is 12.3 Å². The molecular formula is C10H12N2O2S3. The fraction of sp³-hybridized carbons (Fsp3) is 0.400. The van der Waals surface area contributed by atoms with Gasteiger partial charge < -0.3 is 4.98 Å². The van der Waals surface area contributed by atoms with Crippen molar-refractivity contribution < 1.29 is 4.21 Å². The van der Waals surface area contributed by atoms with Crippen molar-refractivity contribution in [2.24, 2.45) is 0 Å². The summed E-state index contributed by atoms with van der Waals surface area (Å²) < 4.78 is 13.2. The molecule has 0 aliphatic heterocycles. The average Bonchev–Trinajstić information content (AvgIpc) is 2.71. The number of aromatic amines is 1. The summed E-state index contributed by atoms with van der Waals surface area (Å²) in [5.41, 5.74) is -0.109. The zero-order valence-electron chi connectivity index (χ0n) is 9.43. The molecule has 0 aliphatic carbocycles. The molecule has 0 saturated heterocycles. The minimum Gasteiger partial charge on any atom is -0.323 e. The molecule has 2 unspecified atom stereocenters. The Labute approximate surface area is 110 Å². The van der Waals surface area contributed by atoms with E-state index in [4.69, 9.17) is 12.2 Å². The molecule has 0 bridgehead atoms. The number of hydrogen-bond acceptors (Lipinski definition) is 4. The first kappa shape index (κ1) is 12.7. The molecule has 2 aromatic rings. The Bertz CT molecular complexity index is 683. The van der Waals surface area contributed by atoms with E-state index in [2.05, 4.69) is 4.98 Å². The number of fused-ring (bicyclic) bond motifs is 1. The van der Waals surface area contributed by atoms with E-state index >= 15 is 0 Å². The van der Waals surface area contributed by atoms with E-state index in [9.17, 15) is 9.00 Å². The molecule has 1 N–H and O–H groups in total. The molecule has 92 valence electrons. The monoisotopic (exact) mass is 288 g/mol. The van der Waals surface area contributed by atoms with Crippen LogP contribution in [0, 0.1) is 4.77 Å². The summed E-state index contributed by atoms with van der Waals surface area (Å²) in [6, 6.07) is 1.78. The van der Waals surface area contributed by atoms with Crippen LogP contribution in [0.5, 0.6) is 0 Å². The highest BCUT2D eigenvalue weighted by molar-refractivity contribution is 7.84. The van der Waals surface area contributed by atoms with Crippen LogP contribution in [0.2, 0.25) is 0 Å². The van der Waals surface area contributed by atoms with Crippen molar-refractivity contribution in [2.45, 2.75) is 18.7 Å². The van der Waals surface area contributed by atoms with Crippen molar-refractivity contribution in [1.29, 1.82) is 0 Å². The number of rotatable bonds is 3. The van der Waals surface area contributed by atoms with Crippen molar-refractivity contribution in [3.8, 4) is 0 Å².